The summed E-state index contributed by atoms with van der Waals surface area (Å²) >= 11 is 6.17. The number of halogens is 1. The second-order valence-electron chi connectivity index (χ2n) is 7.25. The Labute approximate surface area is 176 Å². The molecular formula is C23H27ClN4O. The van der Waals surface area contributed by atoms with Crippen LogP contribution in [0.5, 0.6) is 0 Å². The standard InChI is InChI=1S/C23H27ClN4O/c1-4-5-12-26-23(29)18-8-6-17(7-9-18)13-20-15(2)27-28(16(20)3)19-10-11-22(25)21(24)14-19/h6-11,14H,4-5,12-13,25H2,1-3H3,(H,26,29). The number of aryl methyl sites for hydroxylation is 1. The van der Waals surface area contributed by atoms with Crippen molar-refractivity contribution in [1.29, 1.82) is 0 Å². The highest BCUT2D eigenvalue weighted by molar-refractivity contribution is 6.33. The predicted molar refractivity (Wildman–Crippen MR) is 119 cm³/mol. The molecule has 0 saturated carbocycles. The number of anilines is 1. The van der Waals surface area contributed by atoms with Gasteiger partial charge in [-0.15, -0.1) is 0 Å². The smallest absolute Gasteiger partial charge is 0.251 e. The Hall–Kier alpha value is -2.79. The molecule has 0 radical (unpaired) electrons. The summed E-state index contributed by atoms with van der Waals surface area (Å²) in [5.41, 5.74) is 12.3. The van der Waals surface area contributed by atoms with E-state index >= 15 is 0 Å². The SMILES string of the molecule is CCCCNC(=O)c1ccc(Cc2c(C)nn(-c3ccc(N)c(Cl)c3)c2C)cc1. The number of rotatable bonds is 7. The highest BCUT2D eigenvalue weighted by Gasteiger charge is 2.14. The average Bonchev–Trinajstić information content (AvgIpc) is 2.99. The maximum absolute atomic E-state index is 12.2. The van der Waals surface area contributed by atoms with Crippen molar-refractivity contribution in [2.75, 3.05) is 12.3 Å². The minimum Gasteiger partial charge on any atom is -0.398 e. The summed E-state index contributed by atoms with van der Waals surface area (Å²) in [6, 6.07) is 13.3. The van der Waals surface area contributed by atoms with E-state index < -0.39 is 0 Å². The van der Waals surface area contributed by atoms with Crippen molar-refractivity contribution in [1.82, 2.24) is 15.1 Å². The highest BCUT2D eigenvalue weighted by atomic mass is 35.5. The fourth-order valence-electron chi connectivity index (χ4n) is 3.29. The Morgan fingerprint density at radius 1 is 1.17 bits per heavy atom. The molecule has 29 heavy (non-hydrogen) atoms. The molecule has 1 heterocycles. The van der Waals surface area contributed by atoms with Crippen LogP contribution in [0.2, 0.25) is 5.02 Å². The first-order valence-corrected chi connectivity index (χ1v) is 10.3. The highest BCUT2D eigenvalue weighted by Crippen LogP contribution is 2.25. The monoisotopic (exact) mass is 410 g/mol. The first-order valence-electron chi connectivity index (χ1n) is 9.88. The second kappa shape index (κ2) is 9.14. The van der Waals surface area contributed by atoms with Crippen LogP contribution in [0.15, 0.2) is 42.5 Å². The number of carbonyl (C=O) groups excluding carboxylic acids is 1. The van der Waals surface area contributed by atoms with Crippen LogP contribution in [0.3, 0.4) is 0 Å². The van der Waals surface area contributed by atoms with E-state index in [1.807, 2.05) is 48.0 Å². The van der Waals surface area contributed by atoms with Gasteiger partial charge in [-0.1, -0.05) is 37.1 Å². The topological polar surface area (TPSA) is 72.9 Å². The molecule has 3 rings (SSSR count). The van der Waals surface area contributed by atoms with Crippen LogP contribution in [0.4, 0.5) is 5.69 Å². The fourth-order valence-corrected chi connectivity index (χ4v) is 3.46. The van der Waals surface area contributed by atoms with Crippen molar-refractivity contribution in [3.63, 3.8) is 0 Å². The average molecular weight is 411 g/mol. The van der Waals surface area contributed by atoms with Crippen molar-refractivity contribution in [3.05, 3.63) is 75.6 Å². The third-order valence-corrected chi connectivity index (χ3v) is 5.41. The lowest BCUT2D eigenvalue weighted by atomic mass is 10.0. The second-order valence-corrected chi connectivity index (χ2v) is 7.66. The molecule has 0 fully saturated rings. The Balaban J connectivity index is 1.77. The molecule has 0 saturated heterocycles. The van der Waals surface area contributed by atoms with Crippen LogP contribution in [0.25, 0.3) is 5.69 Å². The first-order chi connectivity index (χ1) is 13.9. The lowest BCUT2D eigenvalue weighted by Crippen LogP contribution is -2.24. The van der Waals surface area contributed by atoms with E-state index in [9.17, 15) is 4.79 Å². The van der Waals surface area contributed by atoms with Crippen LogP contribution in [0.1, 0.15) is 52.6 Å². The maximum Gasteiger partial charge on any atom is 0.251 e. The Morgan fingerprint density at radius 3 is 2.55 bits per heavy atom. The number of hydrogen-bond donors (Lipinski definition) is 2. The van der Waals surface area contributed by atoms with Crippen molar-refractivity contribution >= 4 is 23.2 Å². The van der Waals surface area contributed by atoms with Gasteiger partial charge in [-0.25, -0.2) is 4.68 Å². The van der Waals surface area contributed by atoms with Crippen molar-refractivity contribution in [2.24, 2.45) is 0 Å². The van der Waals surface area contributed by atoms with E-state index in [1.54, 1.807) is 6.07 Å². The molecule has 5 nitrogen and oxygen atoms in total. The molecule has 0 spiro atoms. The zero-order chi connectivity index (χ0) is 21.0. The number of nitrogens with two attached hydrogens (primary N) is 1. The van der Waals surface area contributed by atoms with Gasteiger partial charge in [-0.3, -0.25) is 4.79 Å². The van der Waals surface area contributed by atoms with Gasteiger partial charge in [-0.05, 0) is 56.2 Å². The van der Waals surface area contributed by atoms with E-state index in [1.165, 1.54) is 0 Å². The number of nitrogens with one attached hydrogen (secondary N) is 1. The molecule has 3 aromatic rings. The van der Waals surface area contributed by atoms with Gasteiger partial charge in [0.05, 0.1) is 22.1 Å². The zero-order valence-electron chi connectivity index (χ0n) is 17.1. The number of nitrogen functional groups attached to an aromatic ring is 1. The molecule has 0 aliphatic heterocycles. The quantitative estimate of drug-likeness (QED) is 0.432. The largest absolute Gasteiger partial charge is 0.398 e. The Morgan fingerprint density at radius 2 is 1.90 bits per heavy atom. The molecule has 1 amide bonds. The minimum absolute atomic E-state index is 0.0228. The number of aromatic nitrogens is 2. The first kappa shape index (κ1) is 20.9. The van der Waals surface area contributed by atoms with Crippen LogP contribution in [-0.4, -0.2) is 22.2 Å². The van der Waals surface area contributed by atoms with E-state index in [0.717, 1.165) is 47.5 Å². The summed E-state index contributed by atoms with van der Waals surface area (Å²) in [7, 11) is 0. The van der Waals surface area contributed by atoms with E-state index in [4.69, 9.17) is 17.3 Å². The van der Waals surface area contributed by atoms with E-state index in [2.05, 4.69) is 24.3 Å². The van der Waals surface area contributed by atoms with Gasteiger partial charge in [0.1, 0.15) is 0 Å². The molecule has 2 aromatic carbocycles. The molecule has 0 bridgehead atoms. The summed E-state index contributed by atoms with van der Waals surface area (Å²) in [6.07, 6.45) is 2.80. The molecule has 0 aliphatic rings. The molecule has 0 atom stereocenters. The van der Waals surface area contributed by atoms with Gasteiger partial charge >= 0.3 is 0 Å². The molecular weight excluding hydrogens is 384 g/mol. The number of hydrogen-bond acceptors (Lipinski definition) is 3. The lowest BCUT2D eigenvalue weighted by Gasteiger charge is -2.08. The summed E-state index contributed by atoms with van der Waals surface area (Å²) < 4.78 is 1.89. The normalized spacial score (nSPS) is 10.9. The number of benzene rings is 2. The van der Waals surface area contributed by atoms with Crippen molar-refractivity contribution < 1.29 is 4.79 Å². The fraction of sp³-hybridized carbons (Fsp3) is 0.304. The van der Waals surface area contributed by atoms with Gasteiger partial charge in [0.15, 0.2) is 0 Å². The van der Waals surface area contributed by atoms with Gasteiger partial charge in [-0.2, -0.15) is 5.10 Å². The van der Waals surface area contributed by atoms with Gasteiger partial charge in [0.2, 0.25) is 0 Å². The number of unbranched alkanes of at least 4 members (excludes halogenated alkanes) is 1. The lowest BCUT2D eigenvalue weighted by molar-refractivity contribution is 0.0953. The third kappa shape index (κ3) is 4.80. The van der Waals surface area contributed by atoms with Crippen LogP contribution < -0.4 is 11.1 Å². The number of nitrogens with zero attached hydrogens (tertiary/aromatic N) is 2. The van der Waals surface area contributed by atoms with Gasteiger partial charge in [0, 0.05) is 29.8 Å². The Bertz CT molecular complexity index is 1010. The Kier molecular flexibility index (Phi) is 6.60. The van der Waals surface area contributed by atoms with Crippen LogP contribution >= 0.6 is 11.6 Å². The molecule has 152 valence electrons. The zero-order valence-corrected chi connectivity index (χ0v) is 17.9. The third-order valence-electron chi connectivity index (χ3n) is 5.08. The van der Waals surface area contributed by atoms with E-state index in [-0.39, 0.29) is 5.91 Å². The van der Waals surface area contributed by atoms with Crippen LogP contribution in [0, 0.1) is 13.8 Å². The van der Waals surface area contributed by atoms with Crippen molar-refractivity contribution in [2.45, 2.75) is 40.0 Å². The van der Waals surface area contributed by atoms with Gasteiger partial charge < -0.3 is 11.1 Å². The summed E-state index contributed by atoms with van der Waals surface area (Å²) in [5.74, 6) is -0.0228. The summed E-state index contributed by atoms with van der Waals surface area (Å²) in [4.78, 5) is 12.2. The van der Waals surface area contributed by atoms with Crippen molar-refractivity contribution in [3.8, 4) is 5.69 Å². The maximum atomic E-state index is 12.2. The molecule has 3 N–H and O–H groups in total. The molecule has 0 aliphatic carbocycles. The number of amides is 1. The number of carbonyl (C=O) groups is 1. The summed E-state index contributed by atoms with van der Waals surface area (Å²) in [6.45, 7) is 6.88. The minimum atomic E-state index is -0.0228. The molecule has 1 aromatic heterocycles. The van der Waals surface area contributed by atoms with E-state index in [0.29, 0.717) is 22.8 Å². The predicted octanol–water partition coefficient (Wildman–Crippen LogP) is 4.85. The van der Waals surface area contributed by atoms with Gasteiger partial charge in [0.25, 0.3) is 5.91 Å². The molecule has 0 unspecified atom stereocenters. The van der Waals surface area contributed by atoms with Crippen LogP contribution in [-0.2, 0) is 6.42 Å². The molecule has 6 heteroatoms. The summed E-state index contributed by atoms with van der Waals surface area (Å²) in [5, 5.41) is 8.15.